The van der Waals surface area contributed by atoms with Gasteiger partial charge in [0.25, 0.3) is 0 Å². The average Bonchev–Trinajstić information content (AvgIpc) is 3.13. The van der Waals surface area contributed by atoms with Gasteiger partial charge in [-0.05, 0) is 58.2 Å². The van der Waals surface area contributed by atoms with Crippen molar-refractivity contribution in [1.29, 1.82) is 0 Å². The van der Waals surface area contributed by atoms with Crippen molar-refractivity contribution >= 4 is 5.91 Å². The molecule has 1 saturated heterocycles. The lowest BCUT2D eigenvalue weighted by molar-refractivity contribution is -0.139. The largest absolute Gasteiger partial charge is 0.485 e. The molecule has 1 spiro atoms. The van der Waals surface area contributed by atoms with Crippen molar-refractivity contribution in [3.8, 4) is 5.75 Å². The summed E-state index contributed by atoms with van der Waals surface area (Å²) in [5, 5.41) is 0. The number of amides is 1. The van der Waals surface area contributed by atoms with E-state index in [9.17, 15) is 4.79 Å². The maximum atomic E-state index is 13.2. The van der Waals surface area contributed by atoms with E-state index in [2.05, 4.69) is 36.0 Å². The summed E-state index contributed by atoms with van der Waals surface area (Å²) in [7, 11) is 4.29. The Kier molecular flexibility index (Phi) is 5.42. The van der Waals surface area contributed by atoms with Crippen LogP contribution in [-0.2, 0) is 16.1 Å². The third-order valence-corrected chi connectivity index (χ3v) is 6.37. The summed E-state index contributed by atoms with van der Waals surface area (Å²) in [6.07, 6.45) is 5.20. The van der Waals surface area contributed by atoms with Crippen molar-refractivity contribution in [1.82, 2.24) is 9.80 Å². The van der Waals surface area contributed by atoms with Gasteiger partial charge in [0.05, 0.1) is 19.1 Å². The van der Waals surface area contributed by atoms with Gasteiger partial charge in [-0.3, -0.25) is 4.79 Å². The number of fused-ring (bicyclic) bond motifs is 1. The quantitative estimate of drug-likeness (QED) is 0.818. The molecule has 4 rings (SSSR count). The fourth-order valence-corrected chi connectivity index (χ4v) is 4.92. The smallest absolute Gasteiger partial charge is 0.228 e. The summed E-state index contributed by atoms with van der Waals surface area (Å²) < 4.78 is 12.1. The zero-order chi connectivity index (χ0) is 18.9. The normalized spacial score (nSPS) is 30.9. The number of hydrogen-bond donors (Lipinski definition) is 0. The van der Waals surface area contributed by atoms with E-state index in [0.717, 1.165) is 55.9 Å². The molecule has 2 fully saturated rings. The Hall–Kier alpha value is -1.59. The van der Waals surface area contributed by atoms with E-state index in [0.29, 0.717) is 26.3 Å². The van der Waals surface area contributed by atoms with E-state index in [1.54, 1.807) is 0 Å². The first-order chi connectivity index (χ1) is 13.0. The Balaban J connectivity index is 1.55. The summed E-state index contributed by atoms with van der Waals surface area (Å²) in [6, 6.07) is 8.23. The molecule has 0 radical (unpaired) electrons. The van der Waals surface area contributed by atoms with Crippen LogP contribution in [0.15, 0.2) is 24.3 Å². The summed E-state index contributed by atoms with van der Waals surface area (Å²) in [4.78, 5) is 17.5. The Morgan fingerprint density at radius 2 is 2.00 bits per heavy atom. The number of hydrogen-bond acceptors (Lipinski definition) is 4. The van der Waals surface area contributed by atoms with E-state index in [4.69, 9.17) is 9.47 Å². The Bertz CT molecular complexity index is 661. The van der Waals surface area contributed by atoms with Crippen molar-refractivity contribution < 1.29 is 14.3 Å². The van der Waals surface area contributed by atoms with Gasteiger partial charge in [-0.2, -0.15) is 0 Å². The molecule has 0 unspecified atom stereocenters. The predicted molar refractivity (Wildman–Crippen MR) is 105 cm³/mol. The molecule has 1 aromatic rings. The number of para-hydroxylation sites is 1. The molecule has 0 N–H and O–H groups in total. The van der Waals surface area contributed by atoms with Gasteiger partial charge in [0, 0.05) is 25.3 Å². The van der Waals surface area contributed by atoms with Gasteiger partial charge in [-0.15, -0.1) is 0 Å². The van der Waals surface area contributed by atoms with Crippen LogP contribution in [0.4, 0.5) is 0 Å². The monoisotopic (exact) mass is 372 g/mol. The molecule has 3 aliphatic rings. The highest BCUT2D eigenvalue weighted by atomic mass is 16.5. The molecule has 1 saturated carbocycles. The summed E-state index contributed by atoms with van der Waals surface area (Å²) in [5.74, 6) is 1.93. The second kappa shape index (κ2) is 7.80. The molecule has 0 bridgehead atoms. The van der Waals surface area contributed by atoms with Crippen molar-refractivity contribution in [2.24, 2.45) is 11.8 Å². The van der Waals surface area contributed by atoms with E-state index in [1.807, 2.05) is 12.1 Å². The zero-order valence-electron chi connectivity index (χ0n) is 16.7. The molecule has 0 aromatic heterocycles. The predicted octanol–water partition coefficient (Wildman–Crippen LogP) is 2.93. The van der Waals surface area contributed by atoms with E-state index in [1.165, 1.54) is 0 Å². The van der Waals surface area contributed by atoms with Crippen LogP contribution in [0.1, 0.15) is 37.7 Å². The molecular formula is C22H32N2O3. The lowest BCUT2D eigenvalue weighted by atomic mass is 9.78. The Morgan fingerprint density at radius 1 is 1.22 bits per heavy atom. The first-order valence-corrected chi connectivity index (χ1v) is 10.3. The standard InChI is InChI=1S/C22H32N2O3/c1-23(2)13-17-7-10-22(11-8-17)16-24(21(25)19-9-12-26-15-19)14-18-5-3-4-6-20(18)27-22/h3-6,17,19H,7-16H2,1-2H3/t17?,19-,22?/m0/s1. The van der Waals surface area contributed by atoms with Gasteiger partial charge in [0.1, 0.15) is 11.4 Å². The molecule has 1 aromatic carbocycles. The van der Waals surface area contributed by atoms with Gasteiger partial charge >= 0.3 is 0 Å². The van der Waals surface area contributed by atoms with Gasteiger partial charge in [-0.1, -0.05) is 18.2 Å². The van der Waals surface area contributed by atoms with Crippen LogP contribution >= 0.6 is 0 Å². The van der Waals surface area contributed by atoms with Crippen LogP contribution in [0.5, 0.6) is 5.75 Å². The highest BCUT2D eigenvalue weighted by Crippen LogP contribution is 2.40. The van der Waals surface area contributed by atoms with E-state index in [-0.39, 0.29) is 17.4 Å². The third kappa shape index (κ3) is 4.14. The van der Waals surface area contributed by atoms with E-state index >= 15 is 0 Å². The number of nitrogens with zero attached hydrogens (tertiary/aromatic N) is 2. The third-order valence-electron chi connectivity index (χ3n) is 6.37. The molecule has 1 atom stereocenters. The molecule has 27 heavy (non-hydrogen) atoms. The van der Waals surface area contributed by atoms with Gasteiger partial charge in [-0.25, -0.2) is 0 Å². The average molecular weight is 373 g/mol. The summed E-state index contributed by atoms with van der Waals surface area (Å²) in [6.45, 7) is 3.75. The number of ether oxygens (including phenoxy) is 2. The van der Waals surface area contributed by atoms with Crippen LogP contribution in [-0.4, -0.2) is 61.7 Å². The highest BCUT2D eigenvalue weighted by molar-refractivity contribution is 5.79. The number of rotatable bonds is 3. The molecule has 2 heterocycles. The minimum Gasteiger partial charge on any atom is -0.485 e. The number of benzene rings is 1. The van der Waals surface area contributed by atoms with Crippen molar-refractivity contribution in [3.63, 3.8) is 0 Å². The minimum absolute atomic E-state index is 0.0115. The van der Waals surface area contributed by atoms with Gasteiger partial charge in [0.15, 0.2) is 0 Å². The second-order valence-electron chi connectivity index (χ2n) is 8.85. The Morgan fingerprint density at radius 3 is 2.70 bits per heavy atom. The molecule has 5 heteroatoms. The number of carbonyl (C=O) groups is 1. The molecule has 1 aliphatic carbocycles. The lowest BCUT2D eigenvalue weighted by Crippen LogP contribution is -2.51. The fraction of sp³-hybridized carbons (Fsp3) is 0.682. The lowest BCUT2D eigenvalue weighted by Gasteiger charge is -2.42. The minimum atomic E-state index is -0.245. The molecule has 2 aliphatic heterocycles. The van der Waals surface area contributed by atoms with Crippen LogP contribution < -0.4 is 4.74 Å². The van der Waals surface area contributed by atoms with Crippen molar-refractivity contribution in [2.75, 3.05) is 40.4 Å². The number of carbonyl (C=O) groups excluding carboxylic acids is 1. The first kappa shape index (κ1) is 18.8. The van der Waals surface area contributed by atoms with E-state index < -0.39 is 0 Å². The first-order valence-electron chi connectivity index (χ1n) is 10.3. The maximum absolute atomic E-state index is 13.2. The SMILES string of the molecule is CN(C)CC1CCC2(CC1)CN(C(=O)[C@H]1CCOC1)Cc1ccccc1O2. The highest BCUT2D eigenvalue weighted by Gasteiger charge is 2.43. The summed E-state index contributed by atoms with van der Waals surface area (Å²) in [5.41, 5.74) is 0.877. The van der Waals surface area contributed by atoms with Crippen LogP contribution in [0.25, 0.3) is 0 Å². The van der Waals surface area contributed by atoms with Gasteiger partial charge < -0.3 is 19.3 Å². The topological polar surface area (TPSA) is 42.0 Å². The van der Waals surface area contributed by atoms with Crippen LogP contribution in [0.2, 0.25) is 0 Å². The van der Waals surface area contributed by atoms with Crippen molar-refractivity contribution in [3.05, 3.63) is 29.8 Å². The molecular weight excluding hydrogens is 340 g/mol. The van der Waals surface area contributed by atoms with Crippen LogP contribution in [0, 0.1) is 11.8 Å². The van der Waals surface area contributed by atoms with Crippen LogP contribution in [0.3, 0.4) is 0 Å². The van der Waals surface area contributed by atoms with Gasteiger partial charge in [0.2, 0.25) is 5.91 Å². The van der Waals surface area contributed by atoms with Crippen molar-refractivity contribution in [2.45, 2.75) is 44.2 Å². The maximum Gasteiger partial charge on any atom is 0.228 e. The molecule has 148 valence electrons. The molecule has 1 amide bonds. The Labute approximate surface area is 162 Å². The fourth-order valence-electron chi connectivity index (χ4n) is 4.92. The molecule has 5 nitrogen and oxygen atoms in total. The zero-order valence-corrected chi connectivity index (χ0v) is 16.7. The second-order valence-corrected chi connectivity index (χ2v) is 8.85. The summed E-state index contributed by atoms with van der Waals surface area (Å²) >= 11 is 0.